The Morgan fingerprint density at radius 1 is 1.09 bits per heavy atom. The first-order valence-corrected chi connectivity index (χ1v) is 8.72. The van der Waals surface area contributed by atoms with Crippen molar-refractivity contribution in [3.63, 3.8) is 0 Å². The molecule has 2 unspecified atom stereocenters. The molecular weight excluding hydrogens is 297 g/mol. The predicted octanol–water partition coefficient (Wildman–Crippen LogP) is 2.85. The van der Waals surface area contributed by atoms with Gasteiger partial charge in [-0.05, 0) is 29.5 Å². The van der Waals surface area contributed by atoms with Gasteiger partial charge in [-0.2, -0.15) is 0 Å². The maximum atomic E-state index is 13.3. The third-order valence-corrected chi connectivity index (χ3v) is 5.54. The van der Waals surface area contributed by atoms with E-state index in [1.165, 1.54) is 24.2 Å². The summed E-state index contributed by atoms with van der Waals surface area (Å²) >= 11 is 1.74. The molecule has 1 aromatic heterocycles. The summed E-state index contributed by atoms with van der Waals surface area (Å²) in [6.45, 7) is 6.48. The van der Waals surface area contributed by atoms with Crippen molar-refractivity contribution in [1.82, 2.24) is 14.8 Å². The van der Waals surface area contributed by atoms with Crippen LogP contribution < -0.4 is 0 Å². The predicted molar refractivity (Wildman–Crippen MR) is 86.0 cm³/mol. The lowest BCUT2D eigenvalue weighted by atomic mass is 10.0. The highest BCUT2D eigenvalue weighted by molar-refractivity contribution is 7.09. The highest BCUT2D eigenvalue weighted by Crippen LogP contribution is 2.32. The lowest BCUT2D eigenvalue weighted by Crippen LogP contribution is -2.28. The lowest BCUT2D eigenvalue weighted by Gasteiger charge is -2.20. The molecular formula is C17H20FN3S. The van der Waals surface area contributed by atoms with Gasteiger partial charge in [-0.25, -0.2) is 9.37 Å². The molecule has 4 rings (SSSR count). The van der Waals surface area contributed by atoms with Crippen LogP contribution in [0.5, 0.6) is 0 Å². The highest BCUT2D eigenvalue weighted by Gasteiger charge is 2.39. The third-order valence-electron chi connectivity index (χ3n) is 4.78. The van der Waals surface area contributed by atoms with Crippen LogP contribution in [-0.2, 0) is 13.1 Å². The molecule has 2 saturated heterocycles. The van der Waals surface area contributed by atoms with Gasteiger partial charge in [-0.1, -0.05) is 12.1 Å². The van der Waals surface area contributed by atoms with Crippen LogP contribution >= 0.6 is 11.3 Å². The number of aromatic nitrogens is 1. The van der Waals surface area contributed by atoms with Crippen LogP contribution in [0.2, 0.25) is 0 Å². The molecule has 0 N–H and O–H groups in total. The van der Waals surface area contributed by atoms with E-state index in [1.54, 1.807) is 23.5 Å². The molecule has 3 nitrogen and oxygen atoms in total. The minimum absolute atomic E-state index is 0.133. The van der Waals surface area contributed by atoms with Crippen molar-refractivity contribution in [3.8, 4) is 0 Å². The van der Waals surface area contributed by atoms with Crippen LogP contribution in [0.15, 0.2) is 35.8 Å². The summed E-state index contributed by atoms with van der Waals surface area (Å²) < 4.78 is 13.3. The van der Waals surface area contributed by atoms with E-state index < -0.39 is 0 Å². The summed E-state index contributed by atoms with van der Waals surface area (Å²) in [7, 11) is 0. The monoisotopic (exact) mass is 317 g/mol. The Balaban J connectivity index is 1.32. The number of halogens is 1. The molecule has 22 heavy (non-hydrogen) atoms. The molecule has 2 fully saturated rings. The average Bonchev–Trinajstić information content (AvgIpc) is 3.16. The topological polar surface area (TPSA) is 19.4 Å². The molecule has 0 saturated carbocycles. The molecule has 116 valence electrons. The van der Waals surface area contributed by atoms with Crippen LogP contribution in [0.3, 0.4) is 0 Å². The van der Waals surface area contributed by atoms with Crippen molar-refractivity contribution in [1.29, 1.82) is 0 Å². The van der Waals surface area contributed by atoms with Crippen LogP contribution in [0.4, 0.5) is 4.39 Å². The van der Waals surface area contributed by atoms with Crippen molar-refractivity contribution in [2.24, 2.45) is 11.8 Å². The second kappa shape index (κ2) is 6.07. The second-order valence-corrected chi connectivity index (χ2v) is 7.44. The number of fused-ring (bicyclic) bond motifs is 1. The summed E-state index contributed by atoms with van der Waals surface area (Å²) in [6, 6.07) is 6.99. The van der Waals surface area contributed by atoms with Gasteiger partial charge >= 0.3 is 0 Å². The molecule has 0 amide bonds. The first-order chi connectivity index (χ1) is 10.8. The van der Waals surface area contributed by atoms with Gasteiger partial charge < -0.3 is 0 Å². The quantitative estimate of drug-likeness (QED) is 0.864. The van der Waals surface area contributed by atoms with E-state index in [0.29, 0.717) is 0 Å². The van der Waals surface area contributed by atoms with E-state index in [2.05, 4.69) is 14.8 Å². The van der Waals surface area contributed by atoms with Crippen molar-refractivity contribution in [3.05, 3.63) is 52.2 Å². The molecule has 0 radical (unpaired) electrons. The van der Waals surface area contributed by atoms with Gasteiger partial charge in [0, 0.05) is 44.3 Å². The van der Waals surface area contributed by atoms with Crippen molar-refractivity contribution >= 4 is 11.3 Å². The second-order valence-electron chi connectivity index (χ2n) is 6.46. The zero-order valence-electron chi connectivity index (χ0n) is 12.5. The fraction of sp³-hybridized carbons (Fsp3) is 0.471. The Bertz CT molecular complexity index is 617. The minimum atomic E-state index is -0.133. The fourth-order valence-corrected chi connectivity index (χ4v) is 4.52. The Labute approximate surface area is 134 Å². The number of benzene rings is 1. The largest absolute Gasteiger partial charge is 0.298 e. The van der Waals surface area contributed by atoms with E-state index in [9.17, 15) is 4.39 Å². The normalized spacial score (nSPS) is 25.7. The first kappa shape index (κ1) is 14.3. The molecule has 3 heterocycles. The number of rotatable bonds is 4. The van der Waals surface area contributed by atoms with Crippen molar-refractivity contribution in [2.45, 2.75) is 13.1 Å². The maximum Gasteiger partial charge on any atom is 0.123 e. The summed E-state index contributed by atoms with van der Waals surface area (Å²) in [5.74, 6) is 1.38. The molecule has 0 aliphatic carbocycles. The van der Waals surface area contributed by atoms with Gasteiger partial charge in [0.1, 0.15) is 10.8 Å². The number of hydrogen-bond donors (Lipinski definition) is 0. The molecule has 0 bridgehead atoms. The Hall–Kier alpha value is -1.30. The molecule has 1 aromatic carbocycles. The van der Waals surface area contributed by atoms with Gasteiger partial charge in [-0.3, -0.25) is 9.80 Å². The van der Waals surface area contributed by atoms with Gasteiger partial charge in [0.15, 0.2) is 0 Å². The zero-order chi connectivity index (χ0) is 14.9. The number of nitrogens with zero attached hydrogens (tertiary/aromatic N) is 3. The van der Waals surface area contributed by atoms with Gasteiger partial charge in [0.05, 0.1) is 6.54 Å². The molecule has 2 aliphatic rings. The standard InChI is InChI=1S/C17H20FN3S/c18-16-3-1-2-13(6-16)7-20-8-14-10-21(11-15(14)9-20)12-17-19-4-5-22-17/h1-6,14-15H,7-12H2. The fourth-order valence-electron chi connectivity index (χ4n) is 3.86. The SMILES string of the molecule is Fc1cccc(CN2CC3CN(Cc4nccs4)CC3C2)c1. The van der Waals surface area contributed by atoms with Crippen LogP contribution in [0.25, 0.3) is 0 Å². The molecule has 0 spiro atoms. The number of thiazole rings is 1. The van der Waals surface area contributed by atoms with Gasteiger partial charge in [0.2, 0.25) is 0 Å². The van der Waals surface area contributed by atoms with Gasteiger partial charge in [0.25, 0.3) is 0 Å². The minimum Gasteiger partial charge on any atom is -0.298 e. The van der Waals surface area contributed by atoms with Crippen LogP contribution in [0, 0.1) is 17.7 Å². The smallest absolute Gasteiger partial charge is 0.123 e. The average molecular weight is 317 g/mol. The number of hydrogen-bond acceptors (Lipinski definition) is 4. The molecule has 5 heteroatoms. The zero-order valence-corrected chi connectivity index (χ0v) is 13.3. The van der Waals surface area contributed by atoms with Crippen LogP contribution in [-0.4, -0.2) is 41.0 Å². The number of likely N-dealkylation sites (tertiary alicyclic amines) is 2. The maximum absolute atomic E-state index is 13.3. The summed E-state index contributed by atoms with van der Waals surface area (Å²) in [4.78, 5) is 9.40. The summed E-state index contributed by atoms with van der Waals surface area (Å²) in [5, 5.41) is 3.27. The van der Waals surface area contributed by atoms with E-state index in [0.717, 1.165) is 43.6 Å². The Kier molecular flexibility index (Phi) is 3.94. The third kappa shape index (κ3) is 3.07. The Morgan fingerprint density at radius 3 is 2.45 bits per heavy atom. The lowest BCUT2D eigenvalue weighted by molar-refractivity contribution is 0.246. The van der Waals surface area contributed by atoms with Crippen LogP contribution in [0.1, 0.15) is 10.6 Å². The van der Waals surface area contributed by atoms with Crippen molar-refractivity contribution < 1.29 is 4.39 Å². The summed E-state index contributed by atoms with van der Waals surface area (Å²) in [5.41, 5.74) is 1.08. The molecule has 2 atom stereocenters. The van der Waals surface area contributed by atoms with E-state index in [4.69, 9.17) is 0 Å². The van der Waals surface area contributed by atoms with Crippen molar-refractivity contribution in [2.75, 3.05) is 26.2 Å². The van der Waals surface area contributed by atoms with E-state index in [-0.39, 0.29) is 5.82 Å². The van der Waals surface area contributed by atoms with E-state index in [1.807, 2.05) is 17.6 Å². The van der Waals surface area contributed by atoms with E-state index >= 15 is 0 Å². The van der Waals surface area contributed by atoms with Gasteiger partial charge in [-0.15, -0.1) is 11.3 Å². The first-order valence-electron chi connectivity index (χ1n) is 7.84. The molecule has 2 aromatic rings. The highest BCUT2D eigenvalue weighted by atomic mass is 32.1. The summed E-state index contributed by atoms with van der Waals surface area (Å²) in [6.07, 6.45) is 1.89. The molecule has 2 aliphatic heterocycles. The Morgan fingerprint density at radius 2 is 1.82 bits per heavy atom.